The molecule has 1 saturated carbocycles. The van der Waals surface area contributed by atoms with Crippen LogP contribution in [0, 0.1) is 17.8 Å². The summed E-state index contributed by atoms with van der Waals surface area (Å²) in [4.78, 5) is 0. The Labute approximate surface area is 105 Å². The Bertz CT molecular complexity index is 226. The number of rotatable bonds is 5. The predicted molar refractivity (Wildman–Crippen MR) is 68.8 cm³/mol. The van der Waals surface area contributed by atoms with Crippen LogP contribution in [0.4, 0.5) is 0 Å². The minimum Gasteiger partial charge on any atom is -0.393 e. The molecule has 0 spiro atoms. The maximum absolute atomic E-state index is 9.77. The standard InChI is InChI=1S/C14H28O3/c1-10(2)12-6-5-11(3)7-13(12)17-9-14(4,16)8-15/h10-13,15-16H,5-9H2,1-4H3/t11-,12-,13-,14+/m1/s1. The molecule has 0 radical (unpaired) electrons. The molecule has 1 aliphatic rings. The molecule has 1 rings (SSSR count). The highest BCUT2D eigenvalue weighted by molar-refractivity contribution is 4.82. The second-order valence-corrected chi connectivity index (χ2v) is 6.33. The van der Waals surface area contributed by atoms with Gasteiger partial charge in [0, 0.05) is 0 Å². The van der Waals surface area contributed by atoms with Crippen molar-refractivity contribution in [2.24, 2.45) is 17.8 Å². The highest BCUT2D eigenvalue weighted by Gasteiger charge is 2.33. The van der Waals surface area contributed by atoms with Gasteiger partial charge in [-0.15, -0.1) is 0 Å². The van der Waals surface area contributed by atoms with E-state index in [4.69, 9.17) is 9.84 Å². The molecule has 2 N–H and O–H groups in total. The van der Waals surface area contributed by atoms with Crippen molar-refractivity contribution in [1.29, 1.82) is 0 Å². The molecule has 0 aliphatic heterocycles. The Morgan fingerprint density at radius 2 is 2.00 bits per heavy atom. The van der Waals surface area contributed by atoms with Crippen molar-refractivity contribution in [2.75, 3.05) is 13.2 Å². The first-order valence-electron chi connectivity index (χ1n) is 6.80. The van der Waals surface area contributed by atoms with Crippen molar-refractivity contribution in [2.45, 2.75) is 58.7 Å². The summed E-state index contributed by atoms with van der Waals surface area (Å²) < 4.78 is 5.87. The summed E-state index contributed by atoms with van der Waals surface area (Å²) in [6.07, 6.45) is 3.80. The summed E-state index contributed by atoms with van der Waals surface area (Å²) in [5.74, 6) is 1.90. The van der Waals surface area contributed by atoms with E-state index >= 15 is 0 Å². The highest BCUT2D eigenvalue weighted by Crippen LogP contribution is 2.35. The Balaban J connectivity index is 2.52. The van der Waals surface area contributed by atoms with E-state index in [-0.39, 0.29) is 19.3 Å². The Morgan fingerprint density at radius 3 is 2.53 bits per heavy atom. The van der Waals surface area contributed by atoms with Gasteiger partial charge in [0.1, 0.15) is 5.60 Å². The van der Waals surface area contributed by atoms with Crippen molar-refractivity contribution in [3.8, 4) is 0 Å². The van der Waals surface area contributed by atoms with Crippen molar-refractivity contribution in [3.05, 3.63) is 0 Å². The SMILES string of the molecule is CC(C)[C@H]1CC[C@@H](C)C[C@H]1OC[C@@](C)(O)CO. The van der Waals surface area contributed by atoms with Gasteiger partial charge < -0.3 is 14.9 Å². The molecule has 0 aromatic carbocycles. The fourth-order valence-electron chi connectivity index (χ4n) is 2.64. The summed E-state index contributed by atoms with van der Waals surface area (Å²) in [5.41, 5.74) is -1.11. The van der Waals surface area contributed by atoms with Gasteiger partial charge in [-0.25, -0.2) is 0 Å². The maximum Gasteiger partial charge on any atom is 0.108 e. The molecular formula is C14H28O3. The van der Waals surface area contributed by atoms with Crippen LogP contribution in [0.15, 0.2) is 0 Å². The van der Waals surface area contributed by atoms with Crippen molar-refractivity contribution in [1.82, 2.24) is 0 Å². The fraction of sp³-hybridized carbons (Fsp3) is 1.00. The second kappa shape index (κ2) is 6.17. The average molecular weight is 244 g/mol. The van der Waals surface area contributed by atoms with Gasteiger partial charge >= 0.3 is 0 Å². The Morgan fingerprint density at radius 1 is 1.35 bits per heavy atom. The lowest BCUT2D eigenvalue weighted by Gasteiger charge is -2.38. The summed E-state index contributed by atoms with van der Waals surface area (Å²) in [6, 6.07) is 0. The first-order valence-corrected chi connectivity index (χ1v) is 6.80. The lowest BCUT2D eigenvalue weighted by atomic mass is 9.75. The van der Waals surface area contributed by atoms with Gasteiger partial charge in [-0.1, -0.05) is 27.2 Å². The van der Waals surface area contributed by atoms with E-state index < -0.39 is 5.60 Å². The summed E-state index contributed by atoms with van der Waals surface area (Å²) in [5, 5.41) is 18.8. The lowest BCUT2D eigenvalue weighted by molar-refractivity contribution is -0.116. The maximum atomic E-state index is 9.77. The zero-order valence-corrected chi connectivity index (χ0v) is 11.6. The molecule has 1 aliphatic carbocycles. The molecule has 3 heteroatoms. The van der Waals surface area contributed by atoms with Gasteiger partial charge in [0.05, 0.1) is 19.3 Å². The molecule has 0 unspecified atom stereocenters. The number of hydrogen-bond donors (Lipinski definition) is 2. The van der Waals surface area contributed by atoms with E-state index in [1.807, 2.05) is 0 Å². The number of aliphatic hydroxyl groups is 2. The van der Waals surface area contributed by atoms with Crippen LogP contribution in [0.5, 0.6) is 0 Å². The van der Waals surface area contributed by atoms with Crippen LogP contribution in [0.25, 0.3) is 0 Å². The highest BCUT2D eigenvalue weighted by atomic mass is 16.5. The summed E-state index contributed by atoms with van der Waals surface area (Å²) in [7, 11) is 0. The first kappa shape index (κ1) is 14.9. The van der Waals surface area contributed by atoms with Crippen molar-refractivity contribution < 1.29 is 14.9 Å². The monoisotopic (exact) mass is 244 g/mol. The van der Waals surface area contributed by atoms with Crippen LogP contribution in [0.2, 0.25) is 0 Å². The van der Waals surface area contributed by atoms with Gasteiger partial charge in [-0.05, 0) is 37.5 Å². The molecule has 1 fully saturated rings. The van der Waals surface area contributed by atoms with Crippen LogP contribution < -0.4 is 0 Å². The quantitative estimate of drug-likeness (QED) is 0.779. The molecule has 3 nitrogen and oxygen atoms in total. The van der Waals surface area contributed by atoms with Crippen LogP contribution in [-0.4, -0.2) is 35.1 Å². The third-order valence-corrected chi connectivity index (χ3v) is 3.91. The van der Waals surface area contributed by atoms with Crippen LogP contribution in [0.3, 0.4) is 0 Å². The van der Waals surface area contributed by atoms with Gasteiger partial charge in [0.2, 0.25) is 0 Å². The van der Waals surface area contributed by atoms with Gasteiger partial charge in [-0.3, -0.25) is 0 Å². The molecule has 0 amide bonds. The smallest absolute Gasteiger partial charge is 0.108 e. The minimum atomic E-state index is -1.11. The molecule has 17 heavy (non-hydrogen) atoms. The van der Waals surface area contributed by atoms with E-state index in [1.54, 1.807) is 6.92 Å². The zero-order valence-electron chi connectivity index (χ0n) is 11.6. The zero-order chi connectivity index (χ0) is 13.1. The third-order valence-electron chi connectivity index (χ3n) is 3.91. The normalized spacial score (nSPS) is 33.7. The van der Waals surface area contributed by atoms with Crippen molar-refractivity contribution >= 4 is 0 Å². The van der Waals surface area contributed by atoms with E-state index in [9.17, 15) is 5.11 Å². The summed E-state index contributed by atoms with van der Waals surface area (Å²) >= 11 is 0. The largest absolute Gasteiger partial charge is 0.393 e. The predicted octanol–water partition coefficient (Wildman–Crippen LogP) is 2.21. The average Bonchev–Trinajstić information content (AvgIpc) is 2.26. The first-order chi connectivity index (χ1) is 7.85. The van der Waals surface area contributed by atoms with Gasteiger partial charge in [-0.2, -0.15) is 0 Å². The van der Waals surface area contributed by atoms with Crippen LogP contribution in [0.1, 0.15) is 47.0 Å². The van der Waals surface area contributed by atoms with Crippen molar-refractivity contribution in [3.63, 3.8) is 0 Å². The van der Waals surface area contributed by atoms with Crippen LogP contribution >= 0.6 is 0 Å². The third kappa shape index (κ3) is 4.57. The Kier molecular flexibility index (Phi) is 5.42. The summed E-state index contributed by atoms with van der Waals surface area (Å²) in [6.45, 7) is 8.33. The van der Waals surface area contributed by atoms with Gasteiger partial charge in [0.15, 0.2) is 0 Å². The van der Waals surface area contributed by atoms with E-state index in [1.165, 1.54) is 12.8 Å². The molecule has 4 atom stereocenters. The molecule has 102 valence electrons. The topological polar surface area (TPSA) is 49.7 Å². The number of ether oxygens (including phenoxy) is 1. The van der Waals surface area contributed by atoms with E-state index in [0.29, 0.717) is 17.8 Å². The molecular weight excluding hydrogens is 216 g/mol. The molecule has 0 saturated heterocycles. The van der Waals surface area contributed by atoms with Gasteiger partial charge in [0.25, 0.3) is 0 Å². The fourth-order valence-corrected chi connectivity index (χ4v) is 2.64. The van der Waals surface area contributed by atoms with E-state index in [0.717, 1.165) is 6.42 Å². The lowest BCUT2D eigenvalue weighted by Crippen LogP contribution is -2.41. The number of hydrogen-bond acceptors (Lipinski definition) is 3. The molecule has 0 aromatic rings. The van der Waals surface area contributed by atoms with Crippen LogP contribution in [-0.2, 0) is 4.74 Å². The molecule has 0 heterocycles. The minimum absolute atomic E-state index is 0.226. The molecule has 0 bridgehead atoms. The number of aliphatic hydroxyl groups excluding tert-OH is 1. The molecule has 0 aromatic heterocycles. The second-order valence-electron chi connectivity index (χ2n) is 6.33. The Hall–Kier alpha value is -0.120. The van der Waals surface area contributed by atoms with E-state index in [2.05, 4.69) is 20.8 Å².